The van der Waals surface area contributed by atoms with Gasteiger partial charge in [0.05, 0.1) is 6.61 Å². The standard InChI is InChI=1S/C20H17FN2O3S/c1-3-26-20(25)17-16(13-4-6-15(21)7-5-13)12(2)27-19(17)23-18(24)14-8-10-22-11-9-14/h4-11H,3H2,1-2H3,(H,23,24). The van der Waals surface area contributed by atoms with Crippen molar-refractivity contribution in [2.75, 3.05) is 11.9 Å². The number of nitrogens with one attached hydrogen (secondary N) is 1. The molecule has 1 N–H and O–H groups in total. The molecule has 27 heavy (non-hydrogen) atoms. The fourth-order valence-electron chi connectivity index (χ4n) is 2.67. The Morgan fingerprint density at radius 3 is 2.44 bits per heavy atom. The number of rotatable bonds is 5. The van der Waals surface area contributed by atoms with E-state index in [4.69, 9.17) is 4.74 Å². The third-order valence-electron chi connectivity index (χ3n) is 3.87. The van der Waals surface area contributed by atoms with Crippen LogP contribution in [0.1, 0.15) is 32.5 Å². The molecule has 7 heteroatoms. The normalized spacial score (nSPS) is 10.5. The summed E-state index contributed by atoms with van der Waals surface area (Å²) in [7, 11) is 0. The smallest absolute Gasteiger partial charge is 0.341 e. The van der Waals surface area contributed by atoms with Crippen LogP contribution in [0.5, 0.6) is 0 Å². The summed E-state index contributed by atoms with van der Waals surface area (Å²) < 4.78 is 18.5. The van der Waals surface area contributed by atoms with E-state index in [-0.39, 0.29) is 23.9 Å². The number of benzene rings is 1. The highest BCUT2D eigenvalue weighted by molar-refractivity contribution is 7.17. The zero-order valence-electron chi connectivity index (χ0n) is 14.8. The molecule has 0 bridgehead atoms. The minimum Gasteiger partial charge on any atom is -0.462 e. The number of nitrogens with zero attached hydrogens (tertiary/aromatic N) is 1. The van der Waals surface area contributed by atoms with E-state index in [1.54, 1.807) is 31.2 Å². The summed E-state index contributed by atoms with van der Waals surface area (Å²) in [6, 6.07) is 9.03. The second-order valence-corrected chi connectivity index (χ2v) is 6.88. The van der Waals surface area contributed by atoms with Crippen LogP contribution in [-0.4, -0.2) is 23.5 Å². The maximum Gasteiger partial charge on any atom is 0.341 e. The first kappa shape index (κ1) is 18.7. The maximum absolute atomic E-state index is 13.3. The molecule has 0 saturated carbocycles. The molecule has 0 saturated heterocycles. The Morgan fingerprint density at radius 1 is 1.15 bits per heavy atom. The fourth-order valence-corrected chi connectivity index (χ4v) is 3.73. The van der Waals surface area contributed by atoms with Gasteiger partial charge in [-0.1, -0.05) is 12.1 Å². The molecule has 0 aliphatic heterocycles. The lowest BCUT2D eigenvalue weighted by molar-refractivity contribution is 0.0529. The van der Waals surface area contributed by atoms with Gasteiger partial charge in [-0.05, 0) is 43.7 Å². The van der Waals surface area contributed by atoms with E-state index < -0.39 is 5.97 Å². The van der Waals surface area contributed by atoms with Crippen molar-refractivity contribution in [2.45, 2.75) is 13.8 Å². The lowest BCUT2D eigenvalue weighted by Gasteiger charge is -2.09. The Bertz CT molecular complexity index is 969. The van der Waals surface area contributed by atoms with Gasteiger partial charge in [0.2, 0.25) is 0 Å². The van der Waals surface area contributed by atoms with Crippen LogP contribution in [0.25, 0.3) is 11.1 Å². The van der Waals surface area contributed by atoms with Crippen molar-refractivity contribution in [1.29, 1.82) is 0 Å². The van der Waals surface area contributed by atoms with Gasteiger partial charge in [0.25, 0.3) is 5.91 Å². The first-order chi connectivity index (χ1) is 13.0. The van der Waals surface area contributed by atoms with Crippen molar-refractivity contribution in [3.05, 3.63) is 70.6 Å². The Labute approximate surface area is 159 Å². The Kier molecular flexibility index (Phi) is 5.61. The van der Waals surface area contributed by atoms with Crippen molar-refractivity contribution in [3.8, 4) is 11.1 Å². The first-order valence-corrected chi connectivity index (χ1v) is 9.10. The average Bonchev–Trinajstić information content (AvgIpc) is 2.99. The van der Waals surface area contributed by atoms with Gasteiger partial charge in [0.15, 0.2) is 0 Å². The van der Waals surface area contributed by atoms with Crippen LogP contribution in [-0.2, 0) is 4.74 Å². The van der Waals surface area contributed by atoms with Crippen LogP contribution in [0.2, 0.25) is 0 Å². The number of esters is 1. The van der Waals surface area contributed by atoms with E-state index in [1.165, 1.54) is 35.9 Å². The molecule has 138 valence electrons. The number of ether oxygens (including phenoxy) is 1. The molecule has 0 aliphatic rings. The van der Waals surface area contributed by atoms with Gasteiger partial charge in [0.1, 0.15) is 16.4 Å². The number of halogens is 1. The lowest BCUT2D eigenvalue weighted by atomic mass is 10.0. The Balaban J connectivity index is 2.06. The summed E-state index contributed by atoms with van der Waals surface area (Å²) in [6.45, 7) is 3.76. The number of aryl methyl sites for hydroxylation is 1. The molecular weight excluding hydrogens is 367 g/mol. The van der Waals surface area contributed by atoms with E-state index in [2.05, 4.69) is 10.3 Å². The van der Waals surface area contributed by atoms with Crippen LogP contribution in [0, 0.1) is 12.7 Å². The topological polar surface area (TPSA) is 68.3 Å². The zero-order chi connectivity index (χ0) is 19.4. The third-order valence-corrected chi connectivity index (χ3v) is 4.89. The van der Waals surface area contributed by atoms with E-state index >= 15 is 0 Å². The number of pyridine rings is 1. The molecule has 1 amide bonds. The first-order valence-electron chi connectivity index (χ1n) is 8.29. The van der Waals surface area contributed by atoms with Crippen LogP contribution in [0.4, 0.5) is 9.39 Å². The van der Waals surface area contributed by atoms with Crippen molar-refractivity contribution in [1.82, 2.24) is 4.98 Å². The molecule has 3 rings (SSSR count). The van der Waals surface area contributed by atoms with Gasteiger partial charge >= 0.3 is 5.97 Å². The second kappa shape index (κ2) is 8.09. The van der Waals surface area contributed by atoms with E-state index in [1.807, 2.05) is 6.92 Å². The Hall–Kier alpha value is -3.06. The molecule has 0 atom stereocenters. The quantitative estimate of drug-likeness (QED) is 0.648. The van der Waals surface area contributed by atoms with Gasteiger partial charge in [-0.25, -0.2) is 9.18 Å². The van der Waals surface area contributed by atoms with E-state index in [0.29, 0.717) is 21.7 Å². The predicted molar refractivity (Wildman–Crippen MR) is 103 cm³/mol. The highest BCUT2D eigenvalue weighted by Crippen LogP contribution is 2.40. The number of hydrogen-bond donors (Lipinski definition) is 1. The summed E-state index contributed by atoms with van der Waals surface area (Å²) in [4.78, 5) is 29.8. The summed E-state index contributed by atoms with van der Waals surface area (Å²) >= 11 is 1.28. The summed E-state index contributed by atoms with van der Waals surface area (Å²) in [5.74, 6) is -1.25. The molecular formula is C20H17FN2O3S. The van der Waals surface area contributed by atoms with Crippen LogP contribution in [0.3, 0.4) is 0 Å². The second-order valence-electron chi connectivity index (χ2n) is 5.65. The van der Waals surface area contributed by atoms with Crippen molar-refractivity contribution >= 4 is 28.2 Å². The number of thiophene rings is 1. The van der Waals surface area contributed by atoms with Crippen LogP contribution in [0.15, 0.2) is 48.8 Å². The fraction of sp³-hybridized carbons (Fsp3) is 0.150. The number of amides is 1. The molecule has 0 unspecified atom stereocenters. The molecule has 5 nitrogen and oxygen atoms in total. The highest BCUT2D eigenvalue weighted by atomic mass is 32.1. The monoisotopic (exact) mass is 384 g/mol. The summed E-state index contributed by atoms with van der Waals surface area (Å²) in [5.41, 5.74) is 2.00. The largest absolute Gasteiger partial charge is 0.462 e. The molecule has 3 aromatic rings. The number of anilines is 1. The molecule has 2 aromatic heterocycles. The predicted octanol–water partition coefficient (Wildman–Crippen LogP) is 4.69. The van der Waals surface area contributed by atoms with Gasteiger partial charge in [-0.3, -0.25) is 9.78 Å². The highest BCUT2D eigenvalue weighted by Gasteiger charge is 2.25. The maximum atomic E-state index is 13.3. The average molecular weight is 384 g/mol. The van der Waals surface area contributed by atoms with Gasteiger partial charge < -0.3 is 10.1 Å². The molecule has 0 radical (unpaired) electrons. The molecule has 0 spiro atoms. The minimum absolute atomic E-state index is 0.203. The van der Waals surface area contributed by atoms with Crippen molar-refractivity contribution < 1.29 is 18.7 Å². The van der Waals surface area contributed by atoms with Crippen molar-refractivity contribution in [3.63, 3.8) is 0 Å². The zero-order valence-corrected chi connectivity index (χ0v) is 15.6. The van der Waals surface area contributed by atoms with Crippen LogP contribution < -0.4 is 5.32 Å². The lowest BCUT2D eigenvalue weighted by Crippen LogP contribution is -2.14. The molecule has 0 aliphatic carbocycles. The molecule has 1 aromatic carbocycles. The molecule has 0 fully saturated rings. The number of carbonyl (C=O) groups is 2. The third kappa shape index (κ3) is 4.03. The van der Waals surface area contributed by atoms with Crippen molar-refractivity contribution in [2.24, 2.45) is 0 Å². The summed E-state index contributed by atoms with van der Waals surface area (Å²) in [5, 5.41) is 3.18. The Morgan fingerprint density at radius 2 is 1.81 bits per heavy atom. The number of hydrogen-bond acceptors (Lipinski definition) is 5. The van der Waals surface area contributed by atoms with Gasteiger partial charge in [-0.15, -0.1) is 11.3 Å². The summed E-state index contributed by atoms with van der Waals surface area (Å²) in [6.07, 6.45) is 3.04. The van der Waals surface area contributed by atoms with Gasteiger partial charge in [0, 0.05) is 28.4 Å². The minimum atomic E-state index is -0.536. The van der Waals surface area contributed by atoms with E-state index in [9.17, 15) is 14.0 Å². The number of aromatic nitrogens is 1. The number of carbonyl (C=O) groups excluding carboxylic acids is 2. The van der Waals surface area contributed by atoms with Crippen LogP contribution >= 0.6 is 11.3 Å². The van der Waals surface area contributed by atoms with Gasteiger partial charge in [-0.2, -0.15) is 0 Å². The SMILES string of the molecule is CCOC(=O)c1c(NC(=O)c2ccncc2)sc(C)c1-c1ccc(F)cc1. The molecule has 2 heterocycles. The van der Waals surface area contributed by atoms with E-state index in [0.717, 1.165) is 4.88 Å².